The molecule has 4 rings (SSSR count). The summed E-state index contributed by atoms with van der Waals surface area (Å²) < 4.78 is 14.6. The van der Waals surface area contributed by atoms with Crippen molar-refractivity contribution in [2.75, 3.05) is 18.1 Å². The van der Waals surface area contributed by atoms with Gasteiger partial charge in [-0.2, -0.15) is 4.98 Å². The van der Waals surface area contributed by atoms with E-state index in [9.17, 15) is 4.79 Å². The second kappa shape index (κ2) is 9.23. The zero-order chi connectivity index (χ0) is 22.8. The predicted molar refractivity (Wildman–Crippen MR) is 133 cm³/mol. The Labute approximate surface area is 193 Å². The van der Waals surface area contributed by atoms with Crippen LogP contribution in [0.1, 0.15) is 27.0 Å². The van der Waals surface area contributed by atoms with Gasteiger partial charge in [0, 0.05) is 11.9 Å². The Morgan fingerprint density at radius 1 is 1.09 bits per heavy atom. The van der Waals surface area contributed by atoms with Gasteiger partial charge in [0.25, 0.3) is 8.32 Å². The van der Waals surface area contributed by atoms with Gasteiger partial charge >= 0.3 is 5.69 Å². The van der Waals surface area contributed by atoms with Gasteiger partial charge in [-0.25, -0.2) is 4.79 Å². The van der Waals surface area contributed by atoms with Crippen LogP contribution in [0.2, 0.25) is 5.04 Å². The zero-order valence-corrected chi connectivity index (χ0v) is 20.4. The molecule has 6 nitrogen and oxygen atoms in total. The summed E-state index contributed by atoms with van der Waals surface area (Å²) in [4.78, 5) is 16.0. The molecule has 3 aromatic rings. The van der Waals surface area contributed by atoms with E-state index in [4.69, 9.17) is 14.9 Å². The smallest absolute Gasteiger partial charge is 0.351 e. The lowest BCUT2D eigenvalue weighted by atomic mass is 10.2. The van der Waals surface area contributed by atoms with Crippen LogP contribution in [0.5, 0.6) is 0 Å². The number of benzene rings is 2. The Morgan fingerprint density at radius 2 is 1.69 bits per heavy atom. The number of anilines is 1. The predicted octanol–water partition coefficient (Wildman–Crippen LogP) is 2.99. The molecule has 1 aliphatic rings. The number of thioether (sulfide) groups is 1. The molecule has 2 aromatic carbocycles. The van der Waals surface area contributed by atoms with Crippen molar-refractivity contribution in [3.63, 3.8) is 0 Å². The summed E-state index contributed by atoms with van der Waals surface area (Å²) in [6, 6.07) is 22.7. The van der Waals surface area contributed by atoms with Crippen LogP contribution in [0.4, 0.5) is 5.82 Å². The SMILES string of the molecule is CC(C)(C)[Si](OC[C@@H]1O[C@H](n2ccc(N)nc2=O)CS1)(c1ccccc1)c1ccccc1. The molecule has 8 heteroatoms. The number of ether oxygens (including phenoxy) is 1. The van der Waals surface area contributed by atoms with E-state index in [1.54, 1.807) is 24.0 Å². The number of hydrogen-bond acceptors (Lipinski definition) is 6. The lowest BCUT2D eigenvalue weighted by Gasteiger charge is -2.43. The lowest BCUT2D eigenvalue weighted by molar-refractivity contribution is -0.00349. The standard InChI is InChI=1S/C24H29N3O3SSi/c1-24(2,3)32(18-10-6-4-7-11-18,19-12-8-5-9-13-19)29-16-22-30-21(17-31-22)27-15-14-20(25)26-23(27)28/h4-15,21-22H,16-17H2,1-3H3,(H2,25,26,28)/t21-,22+/m0/s1. The Balaban J connectivity index is 1.61. The first kappa shape index (κ1) is 22.8. The number of hydrogen-bond donors (Lipinski definition) is 1. The molecule has 0 spiro atoms. The van der Waals surface area contributed by atoms with Crippen molar-refractivity contribution in [1.82, 2.24) is 9.55 Å². The molecule has 168 valence electrons. The van der Waals surface area contributed by atoms with E-state index in [-0.39, 0.29) is 22.5 Å². The van der Waals surface area contributed by atoms with Gasteiger partial charge in [-0.3, -0.25) is 4.57 Å². The highest BCUT2D eigenvalue weighted by molar-refractivity contribution is 8.00. The monoisotopic (exact) mass is 467 g/mol. The molecule has 0 saturated carbocycles. The molecule has 2 heterocycles. The third-order valence-corrected chi connectivity index (χ3v) is 11.8. The van der Waals surface area contributed by atoms with Gasteiger partial charge in [0.15, 0.2) is 0 Å². The first-order valence-corrected chi connectivity index (χ1v) is 13.6. The Kier molecular flexibility index (Phi) is 6.57. The summed E-state index contributed by atoms with van der Waals surface area (Å²) >= 11 is 1.66. The van der Waals surface area contributed by atoms with Gasteiger partial charge in [-0.05, 0) is 21.5 Å². The van der Waals surface area contributed by atoms with Crippen LogP contribution in [-0.2, 0) is 9.16 Å². The van der Waals surface area contributed by atoms with Crippen LogP contribution >= 0.6 is 11.8 Å². The first-order valence-electron chi connectivity index (χ1n) is 10.7. The summed E-state index contributed by atoms with van der Waals surface area (Å²) in [5.41, 5.74) is 5.04. The van der Waals surface area contributed by atoms with Crippen LogP contribution in [0.15, 0.2) is 77.7 Å². The van der Waals surface area contributed by atoms with Crippen molar-refractivity contribution < 1.29 is 9.16 Å². The number of nitrogen functional groups attached to an aromatic ring is 1. The summed E-state index contributed by atoms with van der Waals surface area (Å²) in [6.07, 6.45) is 1.26. The minimum Gasteiger partial charge on any atom is -0.404 e. The van der Waals surface area contributed by atoms with Crippen molar-refractivity contribution in [1.29, 1.82) is 0 Å². The quantitative estimate of drug-likeness (QED) is 0.562. The van der Waals surface area contributed by atoms with E-state index in [2.05, 4.69) is 74.3 Å². The van der Waals surface area contributed by atoms with E-state index >= 15 is 0 Å². The largest absolute Gasteiger partial charge is 0.404 e. The maximum atomic E-state index is 12.2. The second-order valence-electron chi connectivity index (χ2n) is 8.87. The molecule has 2 N–H and O–H groups in total. The third-order valence-electron chi connectivity index (χ3n) is 5.75. The fourth-order valence-corrected chi connectivity index (χ4v) is 9.94. The molecule has 1 aliphatic heterocycles. The van der Waals surface area contributed by atoms with Gasteiger partial charge in [0.1, 0.15) is 17.5 Å². The van der Waals surface area contributed by atoms with Crippen LogP contribution in [0.3, 0.4) is 0 Å². The van der Waals surface area contributed by atoms with Crippen molar-refractivity contribution in [2.24, 2.45) is 0 Å². The summed E-state index contributed by atoms with van der Waals surface area (Å²) in [5.74, 6) is 0.865. The Hall–Kier alpha value is -2.39. The molecule has 2 atom stereocenters. The van der Waals surface area contributed by atoms with E-state index < -0.39 is 14.0 Å². The minimum absolute atomic E-state index is 0.101. The third kappa shape index (κ3) is 4.41. The number of aromatic nitrogens is 2. The van der Waals surface area contributed by atoms with Gasteiger partial charge in [0.05, 0.1) is 6.61 Å². The molecule has 0 bridgehead atoms. The zero-order valence-electron chi connectivity index (χ0n) is 18.6. The number of rotatable bonds is 6. The number of nitrogens with two attached hydrogens (primary N) is 1. The first-order chi connectivity index (χ1) is 15.3. The van der Waals surface area contributed by atoms with Gasteiger partial charge in [-0.15, -0.1) is 11.8 Å². The molecular formula is C24H29N3O3SSi. The van der Waals surface area contributed by atoms with Crippen LogP contribution in [0, 0.1) is 0 Å². The normalized spacial score (nSPS) is 19.2. The van der Waals surface area contributed by atoms with Gasteiger partial charge in [0.2, 0.25) is 0 Å². The highest BCUT2D eigenvalue weighted by Crippen LogP contribution is 2.38. The molecule has 0 aliphatic carbocycles. The van der Waals surface area contributed by atoms with Crippen LogP contribution < -0.4 is 21.8 Å². The van der Waals surface area contributed by atoms with E-state index in [1.807, 2.05) is 12.1 Å². The highest BCUT2D eigenvalue weighted by Gasteiger charge is 2.50. The average molecular weight is 468 g/mol. The second-order valence-corrected chi connectivity index (χ2v) is 14.4. The lowest BCUT2D eigenvalue weighted by Crippen LogP contribution is -2.67. The van der Waals surface area contributed by atoms with E-state index in [0.717, 1.165) is 0 Å². The molecule has 0 unspecified atom stereocenters. The Bertz CT molecular complexity index is 1060. The van der Waals surface area contributed by atoms with Crippen molar-refractivity contribution >= 4 is 36.3 Å². The molecule has 0 radical (unpaired) electrons. The maximum absolute atomic E-state index is 12.2. The fourth-order valence-electron chi connectivity index (χ4n) is 4.28. The van der Waals surface area contributed by atoms with Gasteiger partial charge in [-0.1, -0.05) is 81.4 Å². The van der Waals surface area contributed by atoms with E-state index in [1.165, 1.54) is 14.9 Å². The van der Waals surface area contributed by atoms with Crippen LogP contribution in [-0.4, -0.2) is 35.7 Å². The minimum atomic E-state index is -2.63. The fraction of sp³-hybridized carbons (Fsp3) is 0.333. The summed E-state index contributed by atoms with van der Waals surface area (Å²) in [5, 5.41) is 2.37. The van der Waals surface area contributed by atoms with Crippen LogP contribution in [0.25, 0.3) is 0 Å². The molecule has 32 heavy (non-hydrogen) atoms. The topological polar surface area (TPSA) is 79.4 Å². The molecule has 0 amide bonds. The maximum Gasteiger partial charge on any atom is 0.351 e. The van der Waals surface area contributed by atoms with E-state index in [0.29, 0.717) is 12.4 Å². The molecular weight excluding hydrogens is 438 g/mol. The van der Waals surface area contributed by atoms with Crippen molar-refractivity contribution in [3.05, 3.63) is 83.4 Å². The highest BCUT2D eigenvalue weighted by atomic mass is 32.2. The summed E-state index contributed by atoms with van der Waals surface area (Å²) in [6.45, 7) is 7.20. The number of nitrogens with zero attached hydrogens (tertiary/aromatic N) is 2. The van der Waals surface area contributed by atoms with Gasteiger partial charge < -0.3 is 14.9 Å². The van der Waals surface area contributed by atoms with Crippen molar-refractivity contribution in [3.8, 4) is 0 Å². The molecule has 1 saturated heterocycles. The van der Waals surface area contributed by atoms with Crippen molar-refractivity contribution in [2.45, 2.75) is 37.5 Å². The Morgan fingerprint density at radius 3 is 2.22 bits per heavy atom. The average Bonchev–Trinajstić information content (AvgIpc) is 3.23. The summed E-state index contributed by atoms with van der Waals surface area (Å²) in [7, 11) is -2.63. The molecule has 1 aromatic heterocycles. The molecule has 1 fully saturated rings.